The molecule has 0 heterocycles. The highest BCUT2D eigenvalue weighted by Gasteiger charge is 2.15. The molecular weight excluding hydrogens is 184 g/mol. The topological polar surface area (TPSA) is 69.6 Å². The van der Waals surface area contributed by atoms with Crippen LogP contribution >= 0.6 is 0 Å². The van der Waals surface area contributed by atoms with Crippen molar-refractivity contribution in [1.29, 1.82) is 0 Å². The lowest BCUT2D eigenvalue weighted by Crippen LogP contribution is -2.40. The molecule has 0 saturated carbocycles. The van der Waals surface area contributed by atoms with Gasteiger partial charge < -0.3 is 20.1 Å². The summed E-state index contributed by atoms with van der Waals surface area (Å²) < 4.78 is 0. The van der Waals surface area contributed by atoms with E-state index in [9.17, 15) is 9.59 Å². The highest BCUT2D eigenvalue weighted by Crippen LogP contribution is 1.95. The fraction of sp³-hybridized carbons (Fsp3) is 0.778. The van der Waals surface area contributed by atoms with Crippen molar-refractivity contribution in [3.63, 3.8) is 0 Å². The van der Waals surface area contributed by atoms with Gasteiger partial charge in [-0.05, 0) is 20.5 Å². The molecule has 0 amide bonds. The lowest BCUT2D eigenvalue weighted by Gasteiger charge is -2.15. The molecule has 1 atom stereocenters. The standard InChI is InChI=1S/C9H18N2O3/c1-11(2)6-5-10-8(9(13)14)4-3-7-12/h7-8,10H,3-6H2,1-2H3,(H,13,14). The zero-order chi connectivity index (χ0) is 11.0. The van der Waals surface area contributed by atoms with E-state index in [2.05, 4.69) is 5.32 Å². The number of rotatable bonds is 8. The van der Waals surface area contributed by atoms with Crippen LogP contribution in [0.2, 0.25) is 0 Å². The fourth-order valence-corrected chi connectivity index (χ4v) is 1.01. The molecule has 0 radical (unpaired) electrons. The number of nitrogens with one attached hydrogen (secondary N) is 1. The molecule has 0 saturated heterocycles. The molecular formula is C9H18N2O3. The van der Waals surface area contributed by atoms with Crippen LogP contribution in [0, 0.1) is 0 Å². The number of carbonyl (C=O) groups is 2. The number of carboxylic acid groups (broad SMARTS) is 1. The Morgan fingerprint density at radius 2 is 2.21 bits per heavy atom. The minimum atomic E-state index is -0.898. The number of carbonyl (C=O) groups excluding carboxylic acids is 1. The minimum Gasteiger partial charge on any atom is -0.480 e. The van der Waals surface area contributed by atoms with Gasteiger partial charge in [0.15, 0.2) is 0 Å². The van der Waals surface area contributed by atoms with E-state index < -0.39 is 12.0 Å². The van der Waals surface area contributed by atoms with Crippen LogP contribution in [-0.2, 0) is 9.59 Å². The van der Waals surface area contributed by atoms with Crippen LogP contribution in [0.1, 0.15) is 12.8 Å². The van der Waals surface area contributed by atoms with Gasteiger partial charge in [0.25, 0.3) is 0 Å². The molecule has 0 aliphatic heterocycles. The van der Waals surface area contributed by atoms with E-state index in [4.69, 9.17) is 5.11 Å². The minimum absolute atomic E-state index is 0.284. The predicted molar refractivity (Wildman–Crippen MR) is 53.3 cm³/mol. The molecule has 2 N–H and O–H groups in total. The van der Waals surface area contributed by atoms with E-state index in [-0.39, 0.29) is 6.42 Å². The Balaban J connectivity index is 3.73. The summed E-state index contributed by atoms with van der Waals surface area (Å²) in [5, 5.41) is 11.7. The molecule has 1 unspecified atom stereocenters. The van der Waals surface area contributed by atoms with Gasteiger partial charge in [0.2, 0.25) is 0 Å². The van der Waals surface area contributed by atoms with Crippen LogP contribution in [0.5, 0.6) is 0 Å². The molecule has 5 nitrogen and oxygen atoms in total. The second-order valence-electron chi connectivity index (χ2n) is 3.39. The quantitative estimate of drug-likeness (QED) is 0.523. The van der Waals surface area contributed by atoms with E-state index in [1.165, 1.54) is 0 Å². The third-order valence-corrected chi connectivity index (χ3v) is 1.82. The second kappa shape index (κ2) is 7.46. The molecule has 5 heteroatoms. The largest absolute Gasteiger partial charge is 0.480 e. The fourth-order valence-electron chi connectivity index (χ4n) is 1.01. The normalized spacial score (nSPS) is 12.8. The summed E-state index contributed by atoms with van der Waals surface area (Å²) in [6.45, 7) is 1.40. The maximum atomic E-state index is 10.7. The summed E-state index contributed by atoms with van der Waals surface area (Å²) >= 11 is 0. The van der Waals surface area contributed by atoms with E-state index >= 15 is 0 Å². The van der Waals surface area contributed by atoms with Gasteiger partial charge in [0, 0.05) is 19.5 Å². The monoisotopic (exact) mass is 202 g/mol. The molecule has 82 valence electrons. The zero-order valence-corrected chi connectivity index (χ0v) is 8.69. The first kappa shape index (κ1) is 13.1. The highest BCUT2D eigenvalue weighted by atomic mass is 16.4. The Morgan fingerprint density at radius 3 is 2.64 bits per heavy atom. The van der Waals surface area contributed by atoms with Crippen LogP contribution in [-0.4, -0.2) is 55.5 Å². The number of aldehydes is 1. The summed E-state index contributed by atoms with van der Waals surface area (Å²) in [5.41, 5.74) is 0. The van der Waals surface area contributed by atoms with Crippen LogP contribution < -0.4 is 5.32 Å². The Bertz CT molecular complexity index is 183. The first-order valence-corrected chi connectivity index (χ1v) is 4.62. The lowest BCUT2D eigenvalue weighted by molar-refractivity contribution is -0.139. The highest BCUT2D eigenvalue weighted by molar-refractivity contribution is 5.73. The number of nitrogens with zero attached hydrogens (tertiary/aromatic N) is 1. The number of hydrogen-bond acceptors (Lipinski definition) is 4. The zero-order valence-electron chi connectivity index (χ0n) is 8.69. The molecule has 14 heavy (non-hydrogen) atoms. The Kier molecular flexibility index (Phi) is 6.96. The van der Waals surface area contributed by atoms with Crippen molar-refractivity contribution in [2.45, 2.75) is 18.9 Å². The smallest absolute Gasteiger partial charge is 0.320 e. The maximum Gasteiger partial charge on any atom is 0.320 e. The number of hydrogen-bond donors (Lipinski definition) is 2. The van der Waals surface area contributed by atoms with Crippen molar-refractivity contribution in [1.82, 2.24) is 10.2 Å². The maximum absolute atomic E-state index is 10.7. The molecule has 0 bridgehead atoms. The Hall–Kier alpha value is -0.940. The van der Waals surface area contributed by atoms with E-state index in [1.54, 1.807) is 0 Å². The average Bonchev–Trinajstić information content (AvgIpc) is 2.09. The molecule has 0 aliphatic carbocycles. The Morgan fingerprint density at radius 1 is 1.57 bits per heavy atom. The van der Waals surface area contributed by atoms with Gasteiger partial charge in [-0.1, -0.05) is 0 Å². The van der Waals surface area contributed by atoms with Gasteiger partial charge in [0.1, 0.15) is 12.3 Å². The Labute approximate surface area is 84.1 Å². The van der Waals surface area contributed by atoms with Crippen LogP contribution in [0.15, 0.2) is 0 Å². The van der Waals surface area contributed by atoms with Crippen molar-refractivity contribution in [2.24, 2.45) is 0 Å². The van der Waals surface area contributed by atoms with Crippen molar-refractivity contribution < 1.29 is 14.7 Å². The van der Waals surface area contributed by atoms with E-state index in [0.29, 0.717) is 13.0 Å². The van der Waals surface area contributed by atoms with Crippen molar-refractivity contribution >= 4 is 12.3 Å². The van der Waals surface area contributed by atoms with Crippen molar-refractivity contribution in [3.8, 4) is 0 Å². The number of aliphatic carboxylic acids is 1. The van der Waals surface area contributed by atoms with Gasteiger partial charge in [-0.15, -0.1) is 0 Å². The molecule has 0 aliphatic rings. The lowest BCUT2D eigenvalue weighted by atomic mass is 10.1. The first-order chi connectivity index (χ1) is 6.57. The van der Waals surface area contributed by atoms with E-state index in [1.807, 2.05) is 19.0 Å². The summed E-state index contributed by atoms with van der Waals surface area (Å²) in [6, 6.07) is -0.611. The van der Waals surface area contributed by atoms with Crippen LogP contribution in [0.25, 0.3) is 0 Å². The second-order valence-corrected chi connectivity index (χ2v) is 3.39. The van der Waals surface area contributed by atoms with Crippen molar-refractivity contribution in [2.75, 3.05) is 27.2 Å². The van der Waals surface area contributed by atoms with Gasteiger partial charge in [-0.25, -0.2) is 0 Å². The van der Waals surface area contributed by atoms with Crippen molar-refractivity contribution in [3.05, 3.63) is 0 Å². The average molecular weight is 202 g/mol. The van der Waals surface area contributed by atoms with Gasteiger partial charge in [-0.2, -0.15) is 0 Å². The van der Waals surface area contributed by atoms with Gasteiger partial charge in [0.05, 0.1) is 0 Å². The summed E-state index contributed by atoms with van der Waals surface area (Å²) in [6.07, 6.45) is 1.38. The molecule has 0 aromatic heterocycles. The summed E-state index contributed by atoms with van der Waals surface area (Å²) in [7, 11) is 3.84. The van der Waals surface area contributed by atoms with Crippen LogP contribution in [0.3, 0.4) is 0 Å². The molecule has 0 fully saturated rings. The SMILES string of the molecule is CN(C)CCNC(CCC=O)C(=O)O. The molecule has 0 spiro atoms. The third-order valence-electron chi connectivity index (χ3n) is 1.82. The summed E-state index contributed by atoms with van der Waals surface area (Å²) in [5.74, 6) is -0.898. The summed E-state index contributed by atoms with van der Waals surface area (Å²) in [4.78, 5) is 22.7. The predicted octanol–water partition coefficient (Wildman–Crippen LogP) is -0.430. The molecule has 0 rings (SSSR count). The third kappa shape index (κ3) is 6.56. The van der Waals surface area contributed by atoms with Crippen LogP contribution in [0.4, 0.5) is 0 Å². The first-order valence-electron chi connectivity index (χ1n) is 4.62. The number of likely N-dealkylation sites (N-methyl/N-ethyl adjacent to an activating group) is 1. The van der Waals surface area contributed by atoms with Gasteiger partial charge in [-0.3, -0.25) is 4.79 Å². The van der Waals surface area contributed by atoms with E-state index in [0.717, 1.165) is 12.8 Å². The molecule has 0 aromatic carbocycles. The number of carboxylic acids is 1. The van der Waals surface area contributed by atoms with Gasteiger partial charge >= 0.3 is 5.97 Å². The molecule has 0 aromatic rings.